The molecular formula is C17H20N2O2. The normalized spacial score (nSPS) is 16.5. The van der Waals surface area contributed by atoms with Gasteiger partial charge in [0.15, 0.2) is 0 Å². The number of amides is 2. The molecule has 0 aromatic heterocycles. The second kappa shape index (κ2) is 6.45. The molecule has 4 nitrogen and oxygen atoms in total. The minimum Gasteiger partial charge on any atom is -0.341 e. The van der Waals surface area contributed by atoms with Crippen LogP contribution >= 0.6 is 0 Å². The van der Waals surface area contributed by atoms with Gasteiger partial charge in [0, 0.05) is 12.5 Å². The number of carbonyl (C=O) groups is 2. The number of nitrogens with zero attached hydrogens (tertiary/aromatic N) is 1. The first kappa shape index (κ1) is 15.1. The maximum atomic E-state index is 12.4. The minimum atomic E-state index is -0.618. The highest BCUT2D eigenvalue weighted by atomic mass is 16.2. The van der Waals surface area contributed by atoms with Crippen LogP contribution in [-0.2, 0) is 16.0 Å². The topological polar surface area (TPSA) is 49.4 Å². The van der Waals surface area contributed by atoms with Crippen molar-refractivity contribution in [2.75, 3.05) is 11.4 Å². The molecule has 1 aliphatic rings. The molecule has 0 radical (unpaired) electrons. The number of nitrogens with one attached hydrogen (secondary N) is 1. The fourth-order valence-electron chi connectivity index (χ4n) is 2.62. The van der Waals surface area contributed by atoms with E-state index in [2.05, 4.69) is 18.2 Å². The van der Waals surface area contributed by atoms with Gasteiger partial charge in [0.25, 0.3) is 5.91 Å². The van der Waals surface area contributed by atoms with Gasteiger partial charge >= 0.3 is 0 Å². The van der Waals surface area contributed by atoms with Gasteiger partial charge in [-0.3, -0.25) is 14.5 Å². The predicted octanol–water partition coefficient (Wildman–Crippen LogP) is 2.19. The SMILES string of the molecule is C#CCN1C(=O)C(NC(C)=O)c2cc(CCCC)ccc21. The maximum absolute atomic E-state index is 12.4. The number of aryl methyl sites for hydroxylation is 1. The zero-order valence-corrected chi connectivity index (χ0v) is 12.5. The lowest BCUT2D eigenvalue weighted by Gasteiger charge is -2.14. The molecule has 2 amide bonds. The standard InChI is InChI=1S/C17H20N2O2/c1-4-6-7-13-8-9-15-14(11-13)16(18-12(3)20)17(21)19(15)10-5-2/h2,8-9,11,16H,4,6-7,10H2,1,3H3,(H,18,20). The Labute approximate surface area is 125 Å². The van der Waals surface area contributed by atoms with Gasteiger partial charge in [0.2, 0.25) is 5.91 Å². The summed E-state index contributed by atoms with van der Waals surface area (Å²) in [6.45, 7) is 3.78. The Kier molecular flexibility index (Phi) is 4.64. The van der Waals surface area contributed by atoms with Crippen molar-refractivity contribution in [3.05, 3.63) is 29.3 Å². The first-order chi connectivity index (χ1) is 10.1. The van der Waals surface area contributed by atoms with E-state index in [4.69, 9.17) is 6.42 Å². The number of hydrogen-bond acceptors (Lipinski definition) is 2. The number of anilines is 1. The van der Waals surface area contributed by atoms with E-state index >= 15 is 0 Å². The highest BCUT2D eigenvalue weighted by Crippen LogP contribution is 2.36. The van der Waals surface area contributed by atoms with E-state index in [1.807, 2.05) is 18.2 Å². The number of unbranched alkanes of at least 4 members (excludes halogenated alkanes) is 1. The van der Waals surface area contributed by atoms with Crippen LogP contribution in [0.4, 0.5) is 5.69 Å². The molecule has 1 atom stereocenters. The average molecular weight is 284 g/mol. The van der Waals surface area contributed by atoms with Crippen LogP contribution in [0, 0.1) is 12.3 Å². The molecule has 0 saturated heterocycles. The summed E-state index contributed by atoms with van der Waals surface area (Å²) in [7, 11) is 0. The number of hydrogen-bond donors (Lipinski definition) is 1. The summed E-state index contributed by atoms with van der Waals surface area (Å²) < 4.78 is 0. The number of fused-ring (bicyclic) bond motifs is 1. The van der Waals surface area contributed by atoms with Crippen molar-refractivity contribution in [2.45, 2.75) is 39.2 Å². The summed E-state index contributed by atoms with van der Waals surface area (Å²) in [6, 6.07) is 5.35. The summed E-state index contributed by atoms with van der Waals surface area (Å²) in [5, 5.41) is 2.72. The molecular weight excluding hydrogens is 264 g/mol. The monoisotopic (exact) mass is 284 g/mol. The van der Waals surface area contributed by atoms with Crippen LogP contribution in [0.2, 0.25) is 0 Å². The van der Waals surface area contributed by atoms with Crippen molar-refractivity contribution in [3.63, 3.8) is 0 Å². The summed E-state index contributed by atoms with van der Waals surface area (Å²) >= 11 is 0. The molecule has 0 bridgehead atoms. The summed E-state index contributed by atoms with van der Waals surface area (Å²) in [5.41, 5.74) is 2.83. The van der Waals surface area contributed by atoms with Crippen molar-refractivity contribution >= 4 is 17.5 Å². The van der Waals surface area contributed by atoms with Crippen molar-refractivity contribution in [1.29, 1.82) is 0 Å². The molecule has 1 aromatic carbocycles. The van der Waals surface area contributed by atoms with E-state index in [0.29, 0.717) is 0 Å². The first-order valence-electron chi connectivity index (χ1n) is 7.23. The molecule has 110 valence electrons. The zero-order chi connectivity index (χ0) is 15.4. The van der Waals surface area contributed by atoms with E-state index in [-0.39, 0.29) is 18.4 Å². The minimum absolute atomic E-state index is 0.161. The van der Waals surface area contributed by atoms with E-state index in [9.17, 15) is 9.59 Å². The third-order valence-corrected chi connectivity index (χ3v) is 3.62. The van der Waals surface area contributed by atoms with Crippen LogP contribution in [0.3, 0.4) is 0 Å². The molecule has 1 N–H and O–H groups in total. The van der Waals surface area contributed by atoms with Crippen molar-refractivity contribution < 1.29 is 9.59 Å². The van der Waals surface area contributed by atoms with Crippen molar-refractivity contribution in [1.82, 2.24) is 5.32 Å². The Bertz CT molecular complexity index is 601. The molecule has 1 aromatic rings. The van der Waals surface area contributed by atoms with Crippen molar-refractivity contribution in [2.24, 2.45) is 0 Å². The van der Waals surface area contributed by atoms with Gasteiger partial charge in [-0.25, -0.2) is 0 Å². The van der Waals surface area contributed by atoms with Crippen LogP contribution in [0.1, 0.15) is 43.9 Å². The molecule has 1 aliphatic heterocycles. The number of rotatable bonds is 5. The second-order valence-electron chi connectivity index (χ2n) is 5.26. The molecule has 0 aliphatic carbocycles. The third kappa shape index (κ3) is 3.08. The molecule has 2 rings (SSSR count). The van der Waals surface area contributed by atoms with Crippen LogP contribution in [0.25, 0.3) is 0 Å². The average Bonchev–Trinajstić information content (AvgIpc) is 2.70. The van der Waals surface area contributed by atoms with E-state index in [0.717, 1.165) is 30.5 Å². The van der Waals surface area contributed by atoms with Crippen LogP contribution in [0.5, 0.6) is 0 Å². The maximum Gasteiger partial charge on any atom is 0.255 e. The fraction of sp³-hybridized carbons (Fsp3) is 0.412. The Morgan fingerprint density at radius 2 is 2.24 bits per heavy atom. The highest BCUT2D eigenvalue weighted by Gasteiger charge is 2.37. The van der Waals surface area contributed by atoms with Gasteiger partial charge in [-0.1, -0.05) is 31.4 Å². The molecule has 21 heavy (non-hydrogen) atoms. The molecule has 0 fully saturated rings. The van der Waals surface area contributed by atoms with Gasteiger partial charge in [0.05, 0.1) is 12.2 Å². The molecule has 0 spiro atoms. The van der Waals surface area contributed by atoms with Gasteiger partial charge in [-0.2, -0.15) is 0 Å². The Morgan fingerprint density at radius 1 is 1.48 bits per heavy atom. The largest absolute Gasteiger partial charge is 0.341 e. The van der Waals surface area contributed by atoms with Crippen LogP contribution < -0.4 is 10.2 Å². The molecule has 4 heteroatoms. The Morgan fingerprint density at radius 3 is 2.86 bits per heavy atom. The van der Waals surface area contributed by atoms with Crippen LogP contribution in [-0.4, -0.2) is 18.4 Å². The van der Waals surface area contributed by atoms with E-state index in [1.54, 1.807) is 4.90 Å². The zero-order valence-electron chi connectivity index (χ0n) is 12.5. The molecule has 1 unspecified atom stereocenters. The smallest absolute Gasteiger partial charge is 0.255 e. The summed E-state index contributed by atoms with van der Waals surface area (Å²) in [6.07, 6.45) is 8.53. The van der Waals surface area contributed by atoms with Gasteiger partial charge in [0.1, 0.15) is 6.04 Å². The van der Waals surface area contributed by atoms with Crippen molar-refractivity contribution in [3.8, 4) is 12.3 Å². The van der Waals surface area contributed by atoms with Gasteiger partial charge in [-0.15, -0.1) is 6.42 Å². The lowest BCUT2D eigenvalue weighted by Crippen LogP contribution is -2.36. The van der Waals surface area contributed by atoms with E-state index < -0.39 is 6.04 Å². The highest BCUT2D eigenvalue weighted by molar-refractivity contribution is 6.06. The predicted molar refractivity (Wildman–Crippen MR) is 82.8 cm³/mol. The molecule has 1 heterocycles. The lowest BCUT2D eigenvalue weighted by molar-refractivity contribution is -0.126. The quantitative estimate of drug-likeness (QED) is 0.843. The number of terminal acetylenes is 1. The second-order valence-corrected chi connectivity index (χ2v) is 5.26. The Balaban J connectivity index is 2.37. The third-order valence-electron chi connectivity index (χ3n) is 3.62. The number of carbonyl (C=O) groups excluding carboxylic acids is 2. The Hall–Kier alpha value is -2.28. The lowest BCUT2D eigenvalue weighted by atomic mass is 10.0. The summed E-state index contributed by atoms with van der Waals surface area (Å²) in [4.78, 5) is 25.3. The number of benzene rings is 1. The fourth-order valence-corrected chi connectivity index (χ4v) is 2.62. The summed E-state index contributed by atoms with van der Waals surface area (Å²) in [5.74, 6) is 2.11. The first-order valence-corrected chi connectivity index (χ1v) is 7.23. The van der Waals surface area contributed by atoms with Gasteiger partial charge in [-0.05, 0) is 24.5 Å². The van der Waals surface area contributed by atoms with Crippen LogP contribution in [0.15, 0.2) is 18.2 Å². The van der Waals surface area contributed by atoms with E-state index in [1.165, 1.54) is 12.5 Å². The molecule has 0 saturated carbocycles. The van der Waals surface area contributed by atoms with Gasteiger partial charge < -0.3 is 5.32 Å².